The maximum absolute atomic E-state index is 12.9. The second-order valence-corrected chi connectivity index (χ2v) is 7.14. The Morgan fingerprint density at radius 2 is 2.13 bits per heavy atom. The molecule has 1 aliphatic rings. The van der Waals surface area contributed by atoms with Crippen molar-refractivity contribution in [2.45, 2.75) is 30.2 Å². The molecule has 23 heavy (non-hydrogen) atoms. The largest absolute Gasteiger partial charge is 0.480 e. The molecular weight excluding hydrogens is 320 g/mol. The number of carboxylic acid groups (broad SMARTS) is 1. The number of ether oxygens (including phenoxy) is 1. The van der Waals surface area contributed by atoms with Crippen molar-refractivity contribution in [3.05, 3.63) is 29.8 Å². The molecule has 0 radical (unpaired) electrons. The fourth-order valence-corrected chi connectivity index (χ4v) is 4.47. The standard InChI is InChI=1S/C15H18N2O5S/c16-9-12-5-1-2-7-14(12)23(20,21)17-8-4-3-6-13(17)10-22-11-15(18)19/h1-2,5,7,13H,3-4,6,8,10-11H2,(H,18,19). The first-order valence-electron chi connectivity index (χ1n) is 7.27. The molecule has 1 N–H and O–H groups in total. The Morgan fingerprint density at radius 1 is 1.39 bits per heavy atom. The minimum atomic E-state index is -3.82. The Bertz CT molecular complexity index is 711. The Labute approximate surface area is 135 Å². The van der Waals surface area contributed by atoms with E-state index < -0.39 is 28.6 Å². The van der Waals surface area contributed by atoms with E-state index >= 15 is 0 Å². The monoisotopic (exact) mass is 338 g/mol. The molecule has 2 rings (SSSR count). The molecule has 0 aromatic heterocycles. The third-order valence-corrected chi connectivity index (χ3v) is 5.71. The van der Waals surface area contributed by atoms with Gasteiger partial charge in [0.1, 0.15) is 12.7 Å². The maximum Gasteiger partial charge on any atom is 0.329 e. The summed E-state index contributed by atoms with van der Waals surface area (Å²) in [5.41, 5.74) is 0.100. The van der Waals surface area contributed by atoms with Gasteiger partial charge in [-0.05, 0) is 25.0 Å². The van der Waals surface area contributed by atoms with Crippen LogP contribution in [0, 0.1) is 11.3 Å². The molecule has 1 atom stereocenters. The molecule has 1 aromatic rings. The average molecular weight is 338 g/mol. The van der Waals surface area contributed by atoms with Crippen LogP contribution >= 0.6 is 0 Å². The minimum Gasteiger partial charge on any atom is -0.480 e. The second-order valence-electron chi connectivity index (χ2n) is 5.28. The van der Waals surface area contributed by atoms with Crippen LogP contribution in [0.15, 0.2) is 29.2 Å². The van der Waals surface area contributed by atoms with E-state index in [-0.39, 0.29) is 17.1 Å². The lowest BCUT2D eigenvalue weighted by Crippen LogP contribution is -2.46. The van der Waals surface area contributed by atoms with Crippen LogP contribution in [-0.2, 0) is 19.6 Å². The van der Waals surface area contributed by atoms with E-state index in [1.54, 1.807) is 12.1 Å². The molecule has 8 heteroatoms. The molecule has 1 aromatic carbocycles. The highest BCUT2D eigenvalue weighted by Crippen LogP contribution is 2.27. The summed E-state index contributed by atoms with van der Waals surface area (Å²) in [6, 6.07) is 7.55. The number of rotatable bonds is 6. The van der Waals surface area contributed by atoms with Crippen molar-refractivity contribution in [3.8, 4) is 6.07 Å². The number of carboxylic acids is 1. The number of nitriles is 1. The Balaban J connectivity index is 2.25. The molecule has 1 fully saturated rings. The first kappa shape index (κ1) is 17.4. The summed E-state index contributed by atoms with van der Waals surface area (Å²) in [7, 11) is -3.82. The maximum atomic E-state index is 12.9. The molecule has 124 valence electrons. The van der Waals surface area contributed by atoms with Gasteiger partial charge in [0.05, 0.1) is 17.1 Å². The summed E-state index contributed by atoms with van der Waals surface area (Å²) in [6.45, 7) is -0.0946. The van der Waals surface area contributed by atoms with Crippen LogP contribution < -0.4 is 0 Å². The van der Waals surface area contributed by atoms with Gasteiger partial charge in [-0.25, -0.2) is 13.2 Å². The SMILES string of the molecule is N#Cc1ccccc1S(=O)(=O)N1CCCCC1COCC(=O)O. The average Bonchev–Trinajstić information content (AvgIpc) is 2.55. The fourth-order valence-electron chi connectivity index (χ4n) is 2.65. The van der Waals surface area contributed by atoms with Gasteiger partial charge in [-0.1, -0.05) is 18.6 Å². The second kappa shape index (κ2) is 7.55. The number of nitrogens with zero attached hydrogens (tertiary/aromatic N) is 2. The van der Waals surface area contributed by atoms with Crippen molar-refractivity contribution in [1.82, 2.24) is 4.31 Å². The molecule has 1 saturated heterocycles. The minimum absolute atomic E-state index is 0.0207. The zero-order chi connectivity index (χ0) is 16.9. The summed E-state index contributed by atoms with van der Waals surface area (Å²) in [5.74, 6) is -1.09. The van der Waals surface area contributed by atoms with Gasteiger partial charge in [-0.3, -0.25) is 0 Å². The first-order valence-corrected chi connectivity index (χ1v) is 8.71. The van der Waals surface area contributed by atoms with E-state index in [2.05, 4.69) is 0 Å². The van der Waals surface area contributed by atoms with Crippen molar-refractivity contribution < 1.29 is 23.1 Å². The fraction of sp³-hybridized carbons (Fsp3) is 0.467. The third kappa shape index (κ3) is 4.07. The molecule has 1 aliphatic heterocycles. The molecule has 1 heterocycles. The molecule has 0 amide bonds. The van der Waals surface area contributed by atoms with Gasteiger partial charge in [-0.15, -0.1) is 0 Å². The topological polar surface area (TPSA) is 108 Å². The van der Waals surface area contributed by atoms with Crippen LogP contribution in [0.5, 0.6) is 0 Å². The number of hydrogen-bond donors (Lipinski definition) is 1. The molecule has 0 bridgehead atoms. The van der Waals surface area contributed by atoms with Crippen LogP contribution in [-0.4, -0.2) is 49.6 Å². The number of aliphatic carboxylic acids is 1. The van der Waals surface area contributed by atoms with Crippen LogP contribution in [0.4, 0.5) is 0 Å². The molecule has 0 saturated carbocycles. The summed E-state index contributed by atoms with van der Waals surface area (Å²) >= 11 is 0. The van der Waals surface area contributed by atoms with E-state index in [1.165, 1.54) is 16.4 Å². The number of hydrogen-bond acceptors (Lipinski definition) is 5. The van der Waals surface area contributed by atoms with Crippen molar-refractivity contribution in [1.29, 1.82) is 5.26 Å². The molecule has 0 spiro atoms. The van der Waals surface area contributed by atoms with Crippen LogP contribution in [0.25, 0.3) is 0 Å². The predicted molar refractivity (Wildman–Crippen MR) is 81.1 cm³/mol. The quantitative estimate of drug-likeness (QED) is 0.835. The van der Waals surface area contributed by atoms with Gasteiger partial charge < -0.3 is 9.84 Å². The summed E-state index contributed by atoms with van der Waals surface area (Å²) < 4.78 is 32.2. The van der Waals surface area contributed by atoms with Crippen LogP contribution in [0.1, 0.15) is 24.8 Å². The summed E-state index contributed by atoms with van der Waals surface area (Å²) in [6.07, 6.45) is 2.18. The lowest BCUT2D eigenvalue weighted by molar-refractivity contribution is -0.142. The van der Waals surface area contributed by atoms with Crippen molar-refractivity contribution >= 4 is 16.0 Å². The Kier molecular flexibility index (Phi) is 5.71. The lowest BCUT2D eigenvalue weighted by atomic mass is 10.1. The zero-order valence-corrected chi connectivity index (χ0v) is 13.3. The van der Waals surface area contributed by atoms with Gasteiger partial charge in [0, 0.05) is 12.6 Å². The van der Waals surface area contributed by atoms with E-state index in [0.717, 1.165) is 12.8 Å². The van der Waals surface area contributed by atoms with Crippen LogP contribution in [0.3, 0.4) is 0 Å². The van der Waals surface area contributed by atoms with E-state index in [1.807, 2.05) is 6.07 Å². The highest BCUT2D eigenvalue weighted by molar-refractivity contribution is 7.89. The zero-order valence-electron chi connectivity index (χ0n) is 12.5. The van der Waals surface area contributed by atoms with Crippen molar-refractivity contribution in [2.75, 3.05) is 19.8 Å². The molecular formula is C15H18N2O5S. The Morgan fingerprint density at radius 3 is 2.83 bits per heavy atom. The number of carbonyl (C=O) groups is 1. The third-order valence-electron chi connectivity index (χ3n) is 3.70. The van der Waals surface area contributed by atoms with Gasteiger partial charge in [0.15, 0.2) is 0 Å². The number of benzene rings is 1. The first-order chi connectivity index (χ1) is 11.0. The highest BCUT2D eigenvalue weighted by atomic mass is 32.2. The van der Waals surface area contributed by atoms with Crippen molar-refractivity contribution in [3.63, 3.8) is 0 Å². The number of sulfonamides is 1. The van der Waals surface area contributed by atoms with E-state index in [0.29, 0.717) is 13.0 Å². The summed E-state index contributed by atoms with van der Waals surface area (Å²) in [5, 5.41) is 17.7. The van der Waals surface area contributed by atoms with Gasteiger partial charge >= 0.3 is 5.97 Å². The molecule has 7 nitrogen and oxygen atoms in total. The normalized spacial score (nSPS) is 19.2. The van der Waals surface area contributed by atoms with E-state index in [4.69, 9.17) is 15.1 Å². The van der Waals surface area contributed by atoms with Gasteiger partial charge in [-0.2, -0.15) is 9.57 Å². The number of piperidine rings is 1. The predicted octanol–water partition coefficient (Wildman–Crippen LogP) is 1.20. The van der Waals surface area contributed by atoms with Crippen molar-refractivity contribution in [2.24, 2.45) is 0 Å². The molecule has 0 aliphatic carbocycles. The smallest absolute Gasteiger partial charge is 0.329 e. The lowest BCUT2D eigenvalue weighted by Gasteiger charge is -2.34. The highest BCUT2D eigenvalue weighted by Gasteiger charge is 2.34. The molecule has 1 unspecified atom stereocenters. The van der Waals surface area contributed by atoms with Crippen LogP contribution in [0.2, 0.25) is 0 Å². The van der Waals surface area contributed by atoms with E-state index in [9.17, 15) is 13.2 Å². The Hall–Kier alpha value is -1.95. The van der Waals surface area contributed by atoms with Gasteiger partial charge in [0.25, 0.3) is 0 Å². The summed E-state index contributed by atoms with van der Waals surface area (Å²) in [4.78, 5) is 10.5. The van der Waals surface area contributed by atoms with Gasteiger partial charge in [0.2, 0.25) is 10.0 Å².